The third-order valence-corrected chi connectivity index (χ3v) is 3.73. The number of carboxylic acids is 1. The average molecular weight is 345 g/mol. The predicted molar refractivity (Wildman–Crippen MR) is 94.6 cm³/mol. The van der Waals surface area contributed by atoms with Crippen LogP contribution < -0.4 is 11.1 Å². The molecule has 0 aliphatic heterocycles. The van der Waals surface area contributed by atoms with E-state index in [0.29, 0.717) is 18.9 Å². The molecule has 0 saturated carbocycles. The Morgan fingerprint density at radius 2 is 1.58 bits per heavy atom. The highest BCUT2D eigenvalue weighted by Crippen LogP contribution is 2.10. The minimum absolute atomic E-state index is 0.0856. The lowest BCUT2D eigenvalue weighted by molar-refractivity contribution is -0.140. The number of carbonyl (C=O) groups is 2. The number of aliphatic hydroxyl groups excluding tert-OH is 1. The van der Waals surface area contributed by atoms with Crippen molar-refractivity contribution in [2.45, 2.75) is 66.2 Å². The first kappa shape index (κ1) is 22.7. The van der Waals surface area contributed by atoms with Crippen LogP contribution in [0.3, 0.4) is 0 Å². The summed E-state index contributed by atoms with van der Waals surface area (Å²) in [5.41, 5.74) is 5.99. The number of nitrogens with zero attached hydrogens (tertiary/aromatic N) is 1. The van der Waals surface area contributed by atoms with E-state index in [1.54, 1.807) is 13.8 Å². The fraction of sp³-hybridized carbons (Fsp3) is 0.882. The molecule has 24 heavy (non-hydrogen) atoms. The number of urea groups is 1. The highest BCUT2D eigenvalue weighted by atomic mass is 16.4. The smallest absolute Gasteiger partial charge is 0.326 e. The van der Waals surface area contributed by atoms with E-state index in [1.165, 1.54) is 4.90 Å². The van der Waals surface area contributed by atoms with Crippen LogP contribution in [-0.2, 0) is 4.79 Å². The van der Waals surface area contributed by atoms with Gasteiger partial charge in [-0.3, -0.25) is 0 Å². The lowest BCUT2D eigenvalue weighted by atomic mass is 9.99. The number of aliphatic carboxylic acids is 1. The van der Waals surface area contributed by atoms with E-state index >= 15 is 0 Å². The van der Waals surface area contributed by atoms with Crippen molar-refractivity contribution in [3.63, 3.8) is 0 Å². The maximum Gasteiger partial charge on any atom is 0.326 e. The second-order valence-electron chi connectivity index (χ2n) is 7.67. The first-order valence-corrected chi connectivity index (χ1v) is 8.67. The van der Waals surface area contributed by atoms with E-state index in [1.807, 2.05) is 27.7 Å². The van der Waals surface area contributed by atoms with Crippen molar-refractivity contribution < 1.29 is 19.8 Å². The fourth-order valence-electron chi connectivity index (χ4n) is 2.48. The highest BCUT2D eigenvalue weighted by Gasteiger charge is 2.28. The number of hydrogen-bond acceptors (Lipinski definition) is 4. The van der Waals surface area contributed by atoms with Crippen LogP contribution in [0.5, 0.6) is 0 Å². The van der Waals surface area contributed by atoms with Gasteiger partial charge in [0, 0.05) is 19.1 Å². The van der Waals surface area contributed by atoms with Gasteiger partial charge in [-0.2, -0.15) is 0 Å². The van der Waals surface area contributed by atoms with E-state index in [-0.39, 0.29) is 18.4 Å². The zero-order chi connectivity index (χ0) is 19.0. The van der Waals surface area contributed by atoms with Crippen molar-refractivity contribution in [2.75, 3.05) is 13.1 Å². The molecule has 0 aromatic carbocycles. The quantitative estimate of drug-likeness (QED) is 0.479. The molecule has 0 fully saturated rings. The maximum atomic E-state index is 12.5. The molecule has 2 amide bonds. The standard InChI is InChI=1S/C17H35N3O4/c1-10(2)7-13(18)14(21)9-20(8-11(3)4)17(24)19-15(12(5)6)16(22)23/h10-15,21H,7-9,18H2,1-6H3,(H,19,24)(H,22,23)/t13-,14?,15-/m0/s1. The third-order valence-electron chi connectivity index (χ3n) is 3.73. The van der Waals surface area contributed by atoms with Crippen molar-refractivity contribution >= 4 is 12.0 Å². The van der Waals surface area contributed by atoms with Crippen LogP contribution in [0.4, 0.5) is 4.79 Å². The number of hydrogen-bond donors (Lipinski definition) is 4. The number of carbonyl (C=O) groups excluding carboxylic acids is 1. The number of nitrogens with two attached hydrogens (primary N) is 1. The Labute approximate surface area is 145 Å². The molecule has 0 aromatic heterocycles. The summed E-state index contributed by atoms with van der Waals surface area (Å²) >= 11 is 0. The Balaban J connectivity index is 4.98. The summed E-state index contributed by atoms with van der Waals surface area (Å²) in [6.45, 7) is 11.9. The number of amides is 2. The molecule has 0 radical (unpaired) electrons. The fourth-order valence-corrected chi connectivity index (χ4v) is 2.48. The van der Waals surface area contributed by atoms with Crippen LogP contribution in [0.15, 0.2) is 0 Å². The zero-order valence-electron chi connectivity index (χ0n) is 15.8. The third kappa shape index (κ3) is 8.49. The Bertz CT molecular complexity index is 399. The molecule has 142 valence electrons. The van der Waals surface area contributed by atoms with Gasteiger partial charge in [-0.1, -0.05) is 41.5 Å². The van der Waals surface area contributed by atoms with Crippen LogP contribution in [0.1, 0.15) is 48.0 Å². The SMILES string of the molecule is CC(C)C[C@H](N)C(O)CN(CC(C)C)C(=O)N[C@H](C(=O)O)C(C)C. The highest BCUT2D eigenvalue weighted by molar-refractivity contribution is 5.82. The molecule has 0 aliphatic rings. The topological polar surface area (TPSA) is 116 Å². The summed E-state index contributed by atoms with van der Waals surface area (Å²) in [5.74, 6) is -0.772. The molecular weight excluding hydrogens is 310 g/mol. The first-order chi connectivity index (χ1) is 11.0. The largest absolute Gasteiger partial charge is 0.480 e. The van der Waals surface area contributed by atoms with E-state index in [0.717, 1.165) is 0 Å². The van der Waals surface area contributed by atoms with E-state index in [4.69, 9.17) is 5.73 Å². The van der Waals surface area contributed by atoms with Crippen molar-refractivity contribution in [3.05, 3.63) is 0 Å². The van der Waals surface area contributed by atoms with Gasteiger partial charge in [-0.05, 0) is 24.2 Å². The van der Waals surface area contributed by atoms with Gasteiger partial charge in [0.15, 0.2) is 0 Å². The van der Waals surface area contributed by atoms with Gasteiger partial charge in [0.05, 0.1) is 6.10 Å². The van der Waals surface area contributed by atoms with Crippen molar-refractivity contribution in [1.29, 1.82) is 0 Å². The first-order valence-electron chi connectivity index (χ1n) is 8.67. The van der Waals surface area contributed by atoms with Gasteiger partial charge >= 0.3 is 12.0 Å². The summed E-state index contributed by atoms with van der Waals surface area (Å²) in [5, 5.41) is 22.1. The number of rotatable bonds is 10. The monoisotopic (exact) mass is 345 g/mol. The average Bonchev–Trinajstić information content (AvgIpc) is 2.41. The molecule has 0 spiro atoms. The molecule has 0 rings (SSSR count). The van der Waals surface area contributed by atoms with Crippen LogP contribution in [0.2, 0.25) is 0 Å². The minimum atomic E-state index is -1.07. The summed E-state index contributed by atoms with van der Waals surface area (Å²) in [4.78, 5) is 25.2. The Kier molecular flexibility index (Phi) is 9.92. The van der Waals surface area contributed by atoms with Gasteiger partial charge in [-0.15, -0.1) is 0 Å². The van der Waals surface area contributed by atoms with Gasteiger partial charge in [0.1, 0.15) is 6.04 Å². The van der Waals surface area contributed by atoms with Crippen molar-refractivity contribution in [2.24, 2.45) is 23.5 Å². The minimum Gasteiger partial charge on any atom is -0.480 e. The molecule has 0 aliphatic carbocycles. The van der Waals surface area contributed by atoms with Crippen LogP contribution in [0, 0.1) is 17.8 Å². The molecule has 7 heteroatoms. The summed E-state index contributed by atoms with van der Waals surface area (Å²) < 4.78 is 0. The molecular formula is C17H35N3O4. The molecule has 5 N–H and O–H groups in total. The Hall–Kier alpha value is -1.34. The van der Waals surface area contributed by atoms with Gasteiger partial charge in [0.25, 0.3) is 0 Å². The predicted octanol–water partition coefficient (Wildman–Crippen LogP) is 1.50. The van der Waals surface area contributed by atoms with E-state index in [9.17, 15) is 19.8 Å². The lowest BCUT2D eigenvalue weighted by Gasteiger charge is -2.31. The molecule has 7 nitrogen and oxygen atoms in total. The number of carboxylic acid groups (broad SMARTS) is 1. The van der Waals surface area contributed by atoms with Crippen LogP contribution in [-0.4, -0.2) is 58.4 Å². The molecule has 1 unspecified atom stereocenters. The van der Waals surface area contributed by atoms with E-state index in [2.05, 4.69) is 5.32 Å². The normalized spacial score (nSPS) is 15.5. The Morgan fingerprint density at radius 3 is 1.96 bits per heavy atom. The van der Waals surface area contributed by atoms with Gasteiger partial charge < -0.3 is 26.2 Å². The summed E-state index contributed by atoms with van der Waals surface area (Å²) in [6.07, 6.45) is -0.193. The second kappa shape index (κ2) is 10.5. The number of aliphatic hydroxyl groups is 1. The Morgan fingerprint density at radius 1 is 1.04 bits per heavy atom. The van der Waals surface area contributed by atoms with Crippen molar-refractivity contribution in [1.82, 2.24) is 10.2 Å². The molecule has 0 aromatic rings. The summed E-state index contributed by atoms with van der Waals surface area (Å²) in [7, 11) is 0. The molecule has 0 saturated heterocycles. The van der Waals surface area contributed by atoms with Crippen LogP contribution >= 0.6 is 0 Å². The second-order valence-corrected chi connectivity index (χ2v) is 7.67. The van der Waals surface area contributed by atoms with Gasteiger partial charge in [-0.25, -0.2) is 9.59 Å². The van der Waals surface area contributed by atoms with Gasteiger partial charge in [0.2, 0.25) is 0 Å². The zero-order valence-corrected chi connectivity index (χ0v) is 15.8. The van der Waals surface area contributed by atoms with E-state index < -0.39 is 30.2 Å². The molecule has 0 bridgehead atoms. The number of nitrogens with one attached hydrogen (secondary N) is 1. The maximum absolute atomic E-state index is 12.5. The molecule has 0 heterocycles. The molecule has 3 atom stereocenters. The summed E-state index contributed by atoms with van der Waals surface area (Å²) in [6, 6.07) is -1.87. The van der Waals surface area contributed by atoms with Crippen molar-refractivity contribution in [3.8, 4) is 0 Å². The lowest BCUT2D eigenvalue weighted by Crippen LogP contribution is -2.54. The van der Waals surface area contributed by atoms with Crippen LogP contribution in [0.25, 0.3) is 0 Å².